The van der Waals surface area contributed by atoms with E-state index in [1.165, 1.54) is 0 Å². The van der Waals surface area contributed by atoms with Crippen LogP contribution in [-0.4, -0.2) is 38.1 Å². The Bertz CT molecular complexity index is 1320. The number of methoxy groups -OCH3 is 3. The van der Waals surface area contributed by atoms with E-state index in [0.29, 0.717) is 11.5 Å². The van der Waals surface area contributed by atoms with Crippen LogP contribution in [0.15, 0.2) is 59.7 Å². The van der Waals surface area contributed by atoms with Crippen molar-refractivity contribution < 1.29 is 19.0 Å². The maximum Gasteiger partial charge on any atom is 0.342 e. The molecule has 0 bridgehead atoms. The Balaban J connectivity index is 1.55. The summed E-state index contributed by atoms with van der Waals surface area (Å²) in [5.74, 6) is 2.12. The highest BCUT2D eigenvalue weighted by Crippen LogP contribution is 2.47. The van der Waals surface area contributed by atoms with E-state index in [1.54, 1.807) is 26.3 Å². The predicted molar refractivity (Wildman–Crippen MR) is 136 cm³/mol. The minimum absolute atomic E-state index is 0.0140. The highest BCUT2D eigenvalue weighted by molar-refractivity contribution is 6.09. The van der Waals surface area contributed by atoms with Gasteiger partial charge in [0, 0.05) is 17.2 Å². The average molecular weight is 472 g/mol. The lowest BCUT2D eigenvalue weighted by Gasteiger charge is -2.26. The van der Waals surface area contributed by atoms with Gasteiger partial charge in [-0.2, -0.15) is 5.10 Å². The van der Waals surface area contributed by atoms with Gasteiger partial charge in [0.15, 0.2) is 11.5 Å². The van der Waals surface area contributed by atoms with Crippen LogP contribution in [0.25, 0.3) is 0 Å². The highest BCUT2D eigenvalue weighted by atomic mass is 16.5. The molecule has 0 aromatic heterocycles. The number of ether oxygens (including phenoxy) is 3. The van der Waals surface area contributed by atoms with Crippen LogP contribution < -0.4 is 19.5 Å². The first kappa shape index (κ1) is 22.8. The van der Waals surface area contributed by atoms with Crippen molar-refractivity contribution in [3.05, 3.63) is 82.4 Å². The molecule has 5 rings (SSSR count). The van der Waals surface area contributed by atoms with E-state index in [0.717, 1.165) is 51.4 Å². The van der Waals surface area contributed by atoms with Crippen molar-refractivity contribution in [2.75, 3.05) is 26.6 Å². The summed E-state index contributed by atoms with van der Waals surface area (Å²) < 4.78 is 16.4. The van der Waals surface area contributed by atoms with Crippen molar-refractivity contribution in [2.24, 2.45) is 11.0 Å². The third kappa shape index (κ3) is 3.97. The number of anilines is 1. The second kappa shape index (κ2) is 8.98. The van der Waals surface area contributed by atoms with Gasteiger partial charge >= 0.3 is 6.03 Å². The molecule has 180 valence electrons. The molecule has 1 N–H and O–H groups in total. The van der Waals surface area contributed by atoms with E-state index in [-0.39, 0.29) is 18.0 Å². The first-order chi connectivity index (χ1) is 16.9. The molecule has 2 atom stereocenters. The summed E-state index contributed by atoms with van der Waals surface area (Å²) >= 11 is 0. The van der Waals surface area contributed by atoms with Crippen LogP contribution in [0.3, 0.4) is 0 Å². The fourth-order valence-corrected chi connectivity index (χ4v) is 5.07. The third-order valence-electron chi connectivity index (χ3n) is 6.83. The van der Waals surface area contributed by atoms with Crippen LogP contribution in [0.2, 0.25) is 0 Å². The predicted octanol–water partition coefficient (Wildman–Crippen LogP) is 5.49. The molecular weight excluding hydrogens is 442 g/mol. The van der Waals surface area contributed by atoms with Gasteiger partial charge in [-0.05, 0) is 67.3 Å². The molecule has 0 radical (unpaired) electrons. The summed E-state index contributed by atoms with van der Waals surface area (Å²) in [5.41, 5.74) is 6.95. The Morgan fingerprint density at radius 3 is 2.31 bits per heavy atom. The number of nitrogens with one attached hydrogen (secondary N) is 1. The highest BCUT2D eigenvalue weighted by Gasteiger charge is 2.46. The molecule has 35 heavy (non-hydrogen) atoms. The Kier molecular flexibility index (Phi) is 5.84. The van der Waals surface area contributed by atoms with E-state index in [2.05, 4.69) is 11.4 Å². The number of rotatable bonds is 5. The largest absolute Gasteiger partial charge is 0.497 e. The Labute approximate surface area is 205 Å². The lowest BCUT2D eigenvalue weighted by Crippen LogP contribution is -2.34. The third-order valence-corrected chi connectivity index (χ3v) is 6.83. The van der Waals surface area contributed by atoms with Crippen LogP contribution >= 0.6 is 0 Å². The summed E-state index contributed by atoms with van der Waals surface area (Å²) in [6.07, 6.45) is 0.749. The van der Waals surface area contributed by atoms with Crippen LogP contribution in [0.4, 0.5) is 10.5 Å². The molecule has 7 heteroatoms. The summed E-state index contributed by atoms with van der Waals surface area (Å²) in [6.45, 7) is 4.02. The molecular formula is C28H29N3O4. The van der Waals surface area contributed by atoms with E-state index in [1.807, 2.05) is 62.4 Å². The molecule has 2 aliphatic rings. The van der Waals surface area contributed by atoms with Gasteiger partial charge in [0.05, 0.1) is 33.1 Å². The molecule has 7 nitrogen and oxygen atoms in total. The maximum atomic E-state index is 13.6. The minimum atomic E-state index is -0.262. The van der Waals surface area contributed by atoms with Crippen molar-refractivity contribution in [3.63, 3.8) is 0 Å². The molecule has 1 aliphatic heterocycles. The van der Waals surface area contributed by atoms with Crippen molar-refractivity contribution in [2.45, 2.75) is 26.3 Å². The van der Waals surface area contributed by atoms with Crippen LogP contribution in [0.5, 0.6) is 17.2 Å². The van der Waals surface area contributed by atoms with E-state index in [9.17, 15) is 4.79 Å². The number of fused-ring (bicyclic) bond motifs is 3. The van der Waals surface area contributed by atoms with Crippen molar-refractivity contribution >= 4 is 17.4 Å². The molecule has 0 fully saturated rings. The molecule has 2 amide bonds. The first-order valence-electron chi connectivity index (χ1n) is 11.6. The topological polar surface area (TPSA) is 72.4 Å². The fraction of sp³-hybridized carbons (Fsp3) is 0.286. The van der Waals surface area contributed by atoms with Gasteiger partial charge in [0.2, 0.25) is 0 Å². The average Bonchev–Trinajstić information content (AvgIpc) is 3.40. The zero-order valence-corrected chi connectivity index (χ0v) is 20.6. The zero-order chi connectivity index (χ0) is 24.7. The molecule has 1 heterocycles. The number of aryl methyl sites for hydroxylation is 2. The SMILES string of the molecule is COc1ccc(C2C3Cc4cc(OC)c(OC)cc4C3=NN2C(=O)Nc2ccc(C)cc2C)cc1. The van der Waals surface area contributed by atoms with E-state index >= 15 is 0 Å². The Morgan fingerprint density at radius 1 is 0.943 bits per heavy atom. The maximum absolute atomic E-state index is 13.6. The molecule has 1 aliphatic carbocycles. The van der Waals surface area contributed by atoms with Crippen LogP contribution in [-0.2, 0) is 6.42 Å². The van der Waals surface area contributed by atoms with Crippen molar-refractivity contribution in [1.29, 1.82) is 0 Å². The van der Waals surface area contributed by atoms with Gasteiger partial charge in [0.1, 0.15) is 5.75 Å². The van der Waals surface area contributed by atoms with Gasteiger partial charge < -0.3 is 19.5 Å². The standard InChI is InChI=1S/C28H29N3O4/c1-16-6-11-23(17(2)12-16)29-28(32)31-27(18-7-9-20(33-3)10-8-18)22-13-19-14-24(34-4)25(35-5)15-21(19)26(22)30-31/h6-12,14-15,22,27H,13H2,1-5H3,(H,29,32). The summed E-state index contributed by atoms with van der Waals surface area (Å²) in [4.78, 5) is 13.6. The zero-order valence-electron chi connectivity index (χ0n) is 20.6. The van der Waals surface area contributed by atoms with Gasteiger partial charge in [-0.3, -0.25) is 0 Å². The van der Waals surface area contributed by atoms with Gasteiger partial charge in [-0.15, -0.1) is 0 Å². The quantitative estimate of drug-likeness (QED) is 0.534. The Morgan fingerprint density at radius 2 is 1.66 bits per heavy atom. The number of hydrazone groups is 1. The van der Waals surface area contributed by atoms with E-state index < -0.39 is 0 Å². The number of hydrogen-bond acceptors (Lipinski definition) is 5. The number of nitrogens with zero attached hydrogens (tertiary/aromatic N) is 2. The van der Waals surface area contributed by atoms with Gasteiger partial charge in [0.25, 0.3) is 0 Å². The second-order valence-corrected chi connectivity index (χ2v) is 8.97. The summed E-state index contributed by atoms with van der Waals surface area (Å²) in [6, 6.07) is 17.3. The lowest BCUT2D eigenvalue weighted by atomic mass is 9.90. The molecule has 0 saturated carbocycles. The smallest absolute Gasteiger partial charge is 0.342 e. The summed E-state index contributed by atoms with van der Waals surface area (Å²) in [7, 11) is 4.90. The van der Waals surface area contributed by atoms with Gasteiger partial charge in [-0.25, -0.2) is 9.80 Å². The number of hydrogen-bond donors (Lipinski definition) is 1. The van der Waals surface area contributed by atoms with E-state index in [4.69, 9.17) is 19.3 Å². The number of carbonyl (C=O) groups excluding carboxylic acids is 1. The number of urea groups is 1. The lowest BCUT2D eigenvalue weighted by molar-refractivity contribution is 0.190. The van der Waals surface area contributed by atoms with Crippen LogP contribution in [0, 0.1) is 19.8 Å². The fourth-order valence-electron chi connectivity index (χ4n) is 5.07. The number of benzene rings is 3. The molecule has 3 aromatic carbocycles. The van der Waals surface area contributed by atoms with Crippen LogP contribution in [0.1, 0.15) is 33.9 Å². The monoisotopic (exact) mass is 471 g/mol. The number of amides is 2. The number of carbonyl (C=O) groups is 1. The van der Waals surface area contributed by atoms with Gasteiger partial charge in [-0.1, -0.05) is 29.8 Å². The molecule has 0 saturated heterocycles. The molecule has 2 unspecified atom stereocenters. The van der Waals surface area contributed by atoms with Crippen molar-refractivity contribution in [1.82, 2.24) is 5.01 Å². The normalized spacial score (nSPS) is 18.0. The molecule has 3 aromatic rings. The first-order valence-corrected chi connectivity index (χ1v) is 11.6. The Hall–Kier alpha value is -4.00. The molecule has 0 spiro atoms. The minimum Gasteiger partial charge on any atom is -0.497 e. The van der Waals surface area contributed by atoms with Crippen molar-refractivity contribution in [3.8, 4) is 17.2 Å². The second-order valence-electron chi connectivity index (χ2n) is 8.97. The summed E-state index contributed by atoms with van der Waals surface area (Å²) in [5, 5.41) is 9.53.